The lowest BCUT2D eigenvalue weighted by Crippen LogP contribution is -2.37. The highest BCUT2D eigenvalue weighted by molar-refractivity contribution is 6.07. The standard InChI is InChI=1S/C13H15FN2O/c1-3-8-13(12(17)15-9(2)16-13)10-4-6-11(14)7-5-10/h4-7H,3,8H2,1-2H3,(H,15,16,17). The van der Waals surface area contributed by atoms with Gasteiger partial charge in [0.2, 0.25) is 0 Å². The average molecular weight is 234 g/mol. The Balaban J connectivity index is 2.48. The Bertz CT molecular complexity index is 467. The Morgan fingerprint density at radius 3 is 2.47 bits per heavy atom. The van der Waals surface area contributed by atoms with E-state index in [9.17, 15) is 9.18 Å². The quantitative estimate of drug-likeness (QED) is 0.857. The van der Waals surface area contributed by atoms with Gasteiger partial charge < -0.3 is 5.32 Å². The van der Waals surface area contributed by atoms with Crippen LogP contribution in [0.4, 0.5) is 4.39 Å². The molecule has 1 unspecified atom stereocenters. The topological polar surface area (TPSA) is 41.5 Å². The molecule has 0 radical (unpaired) electrons. The summed E-state index contributed by atoms with van der Waals surface area (Å²) in [7, 11) is 0. The molecule has 0 saturated carbocycles. The SMILES string of the molecule is CCCC1(c2ccc(F)cc2)N=C(C)NC1=O. The van der Waals surface area contributed by atoms with Crippen LogP contribution in [0, 0.1) is 5.82 Å². The normalized spacial score (nSPS) is 23.5. The molecule has 1 heterocycles. The highest BCUT2D eigenvalue weighted by Crippen LogP contribution is 2.34. The number of nitrogens with zero attached hydrogens (tertiary/aromatic N) is 1. The van der Waals surface area contributed by atoms with E-state index in [1.165, 1.54) is 12.1 Å². The molecule has 90 valence electrons. The van der Waals surface area contributed by atoms with Gasteiger partial charge in [0, 0.05) is 0 Å². The first-order valence-corrected chi connectivity index (χ1v) is 5.72. The van der Waals surface area contributed by atoms with Crippen molar-refractivity contribution in [3.8, 4) is 0 Å². The van der Waals surface area contributed by atoms with E-state index < -0.39 is 5.54 Å². The molecule has 1 aliphatic heterocycles. The lowest BCUT2D eigenvalue weighted by Gasteiger charge is -2.23. The third-order valence-corrected chi connectivity index (χ3v) is 2.96. The maximum atomic E-state index is 12.9. The van der Waals surface area contributed by atoms with E-state index in [0.717, 1.165) is 12.0 Å². The van der Waals surface area contributed by atoms with Gasteiger partial charge in [0.1, 0.15) is 11.7 Å². The average Bonchev–Trinajstić information content (AvgIpc) is 2.56. The number of carbonyl (C=O) groups excluding carboxylic acids is 1. The van der Waals surface area contributed by atoms with E-state index in [1.807, 2.05) is 6.92 Å². The van der Waals surface area contributed by atoms with E-state index in [0.29, 0.717) is 12.3 Å². The first kappa shape index (κ1) is 11.8. The first-order chi connectivity index (χ1) is 8.08. The molecule has 0 spiro atoms. The van der Waals surface area contributed by atoms with Gasteiger partial charge in [0.05, 0.1) is 0 Å². The van der Waals surface area contributed by atoms with Crippen molar-refractivity contribution in [3.05, 3.63) is 35.6 Å². The maximum Gasteiger partial charge on any atom is 0.257 e. The second kappa shape index (κ2) is 4.28. The van der Waals surface area contributed by atoms with E-state index in [2.05, 4.69) is 10.3 Å². The predicted molar refractivity (Wildman–Crippen MR) is 64.2 cm³/mol. The van der Waals surface area contributed by atoms with Gasteiger partial charge in [-0.3, -0.25) is 9.79 Å². The van der Waals surface area contributed by atoms with Crippen LogP contribution in [0.3, 0.4) is 0 Å². The maximum absolute atomic E-state index is 12.9. The van der Waals surface area contributed by atoms with Crippen molar-refractivity contribution >= 4 is 11.7 Å². The summed E-state index contributed by atoms with van der Waals surface area (Å²) in [5.41, 5.74) is -0.123. The highest BCUT2D eigenvalue weighted by Gasteiger charge is 2.43. The van der Waals surface area contributed by atoms with Crippen molar-refractivity contribution in [2.75, 3.05) is 0 Å². The predicted octanol–water partition coefficient (Wildman–Crippen LogP) is 2.37. The molecule has 1 aliphatic rings. The smallest absolute Gasteiger partial charge is 0.257 e. The molecule has 1 N–H and O–H groups in total. The Morgan fingerprint density at radius 2 is 2.00 bits per heavy atom. The lowest BCUT2D eigenvalue weighted by atomic mass is 9.86. The summed E-state index contributed by atoms with van der Waals surface area (Å²) in [6, 6.07) is 5.99. The molecule has 0 aliphatic carbocycles. The number of amidine groups is 1. The lowest BCUT2D eigenvalue weighted by molar-refractivity contribution is -0.124. The number of hydrogen-bond acceptors (Lipinski definition) is 2. The van der Waals surface area contributed by atoms with Crippen LogP contribution in [0.2, 0.25) is 0 Å². The van der Waals surface area contributed by atoms with Crippen LogP contribution >= 0.6 is 0 Å². The summed E-state index contributed by atoms with van der Waals surface area (Å²) in [6.07, 6.45) is 1.46. The monoisotopic (exact) mass is 234 g/mol. The van der Waals surface area contributed by atoms with Crippen LogP contribution in [0.1, 0.15) is 32.3 Å². The van der Waals surface area contributed by atoms with E-state index in [-0.39, 0.29) is 11.7 Å². The van der Waals surface area contributed by atoms with Crippen molar-refractivity contribution in [2.45, 2.75) is 32.2 Å². The third-order valence-electron chi connectivity index (χ3n) is 2.96. The molecule has 0 bridgehead atoms. The number of benzene rings is 1. The first-order valence-electron chi connectivity index (χ1n) is 5.72. The molecule has 0 aromatic heterocycles. The highest BCUT2D eigenvalue weighted by atomic mass is 19.1. The van der Waals surface area contributed by atoms with Gasteiger partial charge in [-0.15, -0.1) is 0 Å². The zero-order valence-corrected chi connectivity index (χ0v) is 9.96. The number of hydrogen-bond donors (Lipinski definition) is 1. The minimum absolute atomic E-state index is 0.122. The third kappa shape index (κ3) is 1.95. The van der Waals surface area contributed by atoms with Crippen molar-refractivity contribution in [1.29, 1.82) is 0 Å². The molecule has 1 atom stereocenters. The Morgan fingerprint density at radius 1 is 1.35 bits per heavy atom. The zero-order chi connectivity index (χ0) is 12.5. The Kier molecular flexibility index (Phi) is 2.96. The molecule has 4 heteroatoms. The van der Waals surface area contributed by atoms with Crippen LogP contribution in [-0.2, 0) is 10.3 Å². The molecule has 17 heavy (non-hydrogen) atoms. The molecular formula is C13H15FN2O. The van der Waals surface area contributed by atoms with E-state index in [1.54, 1.807) is 19.1 Å². The largest absolute Gasteiger partial charge is 0.312 e. The summed E-state index contributed by atoms with van der Waals surface area (Å²) in [4.78, 5) is 16.5. The summed E-state index contributed by atoms with van der Waals surface area (Å²) < 4.78 is 12.9. The van der Waals surface area contributed by atoms with Crippen LogP contribution in [0.5, 0.6) is 0 Å². The van der Waals surface area contributed by atoms with Crippen molar-refractivity contribution < 1.29 is 9.18 Å². The fourth-order valence-corrected chi connectivity index (χ4v) is 2.23. The molecule has 1 amide bonds. The number of nitrogens with one attached hydrogen (secondary N) is 1. The van der Waals surface area contributed by atoms with Crippen molar-refractivity contribution in [1.82, 2.24) is 5.32 Å². The van der Waals surface area contributed by atoms with E-state index >= 15 is 0 Å². The summed E-state index contributed by atoms with van der Waals surface area (Å²) in [5.74, 6) is 0.190. The molecule has 3 nitrogen and oxygen atoms in total. The number of carbonyl (C=O) groups is 1. The van der Waals surface area contributed by atoms with Gasteiger partial charge in [0.15, 0.2) is 5.54 Å². The molecule has 0 fully saturated rings. The molecule has 0 saturated heterocycles. The number of halogens is 1. The van der Waals surface area contributed by atoms with Gasteiger partial charge in [-0.2, -0.15) is 0 Å². The van der Waals surface area contributed by atoms with E-state index in [4.69, 9.17) is 0 Å². The van der Waals surface area contributed by atoms with Crippen LogP contribution < -0.4 is 5.32 Å². The second-order valence-electron chi connectivity index (χ2n) is 4.27. The minimum Gasteiger partial charge on any atom is -0.312 e. The molecule has 2 rings (SSSR count). The van der Waals surface area contributed by atoms with Crippen LogP contribution in [0.25, 0.3) is 0 Å². The summed E-state index contributed by atoms with van der Waals surface area (Å²) >= 11 is 0. The van der Waals surface area contributed by atoms with Gasteiger partial charge >= 0.3 is 0 Å². The Labute approximate surface area is 99.8 Å². The molecular weight excluding hydrogens is 219 g/mol. The fourth-order valence-electron chi connectivity index (χ4n) is 2.23. The van der Waals surface area contributed by atoms with Crippen LogP contribution in [0.15, 0.2) is 29.3 Å². The van der Waals surface area contributed by atoms with Crippen LogP contribution in [-0.4, -0.2) is 11.7 Å². The van der Waals surface area contributed by atoms with Gasteiger partial charge in [-0.05, 0) is 31.0 Å². The van der Waals surface area contributed by atoms with Gasteiger partial charge in [-0.25, -0.2) is 4.39 Å². The minimum atomic E-state index is -0.869. The van der Waals surface area contributed by atoms with Crippen molar-refractivity contribution in [2.24, 2.45) is 4.99 Å². The molecule has 1 aromatic carbocycles. The summed E-state index contributed by atoms with van der Waals surface area (Å²) in [6.45, 7) is 3.76. The summed E-state index contributed by atoms with van der Waals surface area (Å²) in [5, 5.41) is 2.72. The molecule has 1 aromatic rings. The van der Waals surface area contributed by atoms with Crippen molar-refractivity contribution in [3.63, 3.8) is 0 Å². The zero-order valence-electron chi connectivity index (χ0n) is 9.96. The van der Waals surface area contributed by atoms with Gasteiger partial charge in [0.25, 0.3) is 5.91 Å². The Hall–Kier alpha value is -1.71. The number of amides is 1. The number of aliphatic imine (C=N–C) groups is 1. The second-order valence-corrected chi connectivity index (χ2v) is 4.27. The number of rotatable bonds is 3. The fraction of sp³-hybridized carbons (Fsp3) is 0.385. The van der Waals surface area contributed by atoms with Gasteiger partial charge in [-0.1, -0.05) is 25.5 Å².